The second-order valence-electron chi connectivity index (χ2n) is 5.09. The molecule has 108 valence electrons. The SMILES string of the molecule is O=C(O)C1CCCN1C(=O)c1cccc2ccc(=O)[nH]c12. The van der Waals surface area contributed by atoms with Crippen molar-refractivity contribution in [2.75, 3.05) is 6.54 Å². The zero-order valence-electron chi connectivity index (χ0n) is 11.2. The summed E-state index contributed by atoms with van der Waals surface area (Å²) in [4.78, 5) is 39.3. The van der Waals surface area contributed by atoms with Gasteiger partial charge in [0.1, 0.15) is 6.04 Å². The first-order valence-corrected chi connectivity index (χ1v) is 6.74. The zero-order chi connectivity index (χ0) is 15.0. The number of nitrogens with zero attached hydrogens (tertiary/aromatic N) is 1. The number of nitrogens with one attached hydrogen (secondary N) is 1. The molecule has 1 aliphatic rings. The lowest BCUT2D eigenvalue weighted by atomic mass is 10.1. The van der Waals surface area contributed by atoms with E-state index in [0.717, 1.165) is 5.39 Å². The number of carboxylic acid groups (broad SMARTS) is 1. The maximum atomic E-state index is 12.6. The van der Waals surface area contributed by atoms with Crippen molar-refractivity contribution >= 4 is 22.8 Å². The van der Waals surface area contributed by atoms with Gasteiger partial charge in [0.2, 0.25) is 5.56 Å². The average Bonchev–Trinajstić information content (AvgIpc) is 2.95. The maximum absolute atomic E-state index is 12.6. The van der Waals surface area contributed by atoms with Gasteiger partial charge >= 0.3 is 5.97 Å². The van der Waals surface area contributed by atoms with E-state index in [2.05, 4.69) is 4.98 Å². The van der Waals surface area contributed by atoms with Crippen LogP contribution < -0.4 is 5.56 Å². The lowest BCUT2D eigenvalue weighted by molar-refractivity contribution is -0.141. The van der Waals surface area contributed by atoms with Gasteiger partial charge in [0.05, 0.1) is 11.1 Å². The van der Waals surface area contributed by atoms with Gasteiger partial charge in [-0.2, -0.15) is 0 Å². The van der Waals surface area contributed by atoms with Crippen LogP contribution in [0.4, 0.5) is 0 Å². The molecule has 1 unspecified atom stereocenters. The summed E-state index contributed by atoms with van der Waals surface area (Å²) in [5.74, 6) is -1.35. The highest BCUT2D eigenvalue weighted by Crippen LogP contribution is 2.23. The molecule has 2 aromatic rings. The quantitative estimate of drug-likeness (QED) is 0.868. The molecule has 1 amide bonds. The Morgan fingerprint density at radius 3 is 2.81 bits per heavy atom. The number of likely N-dealkylation sites (tertiary alicyclic amines) is 1. The Bertz CT molecular complexity index is 781. The fourth-order valence-corrected chi connectivity index (χ4v) is 2.78. The second-order valence-corrected chi connectivity index (χ2v) is 5.09. The molecule has 0 radical (unpaired) electrons. The van der Waals surface area contributed by atoms with E-state index in [0.29, 0.717) is 30.5 Å². The zero-order valence-corrected chi connectivity index (χ0v) is 11.2. The molecule has 1 aromatic heterocycles. The van der Waals surface area contributed by atoms with Crippen molar-refractivity contribution in [1.29, 1.82) is 0 Å². The first-order chi connectivity index (χ1) is 10.1. The van der Waals surface area contributed by atoms with Gasteiger partial charge in [-0.1, -0.05) is 12.1 Å². The summed E-state index contributed by atoms with van der Waals surface area (Å²) in [5, 5.41) is 9.93. The van der Waals surface area contributed by atoms with Gasteiger partial charge in [0, 0.05) is 12.6 Å². The molecule has 2 heterocycles. The topological polar surface area (TPSA) is 90.5 Å². The molecule has 21 heavy (non-hydrogen) atoms. The van der Waals surface area contributed by atoms with Gasteiger partial charge in [-0.05, 0) is 30.4 Å². The molecule has 0 aliphatic carbocycles. The Hall–Kier alpha value is -2.63. The highest BCUT2D eigenvalue weighted by Gasteiger charge is 2.34. The number of amides is 1. The van der Waals surface area contributed by atoms with Crippen molar-refractivity contribution in [3.8, 4) is 0 Å². The van der Waals surface area contributed by atoms with Crippen LogP contribution in [-0.2, 0) is 4.79 Å². The predicted molar refractivity (Wildman–Crippen MR) is 76.3 cm³/mol. The fraction of sp³-hybridized carbons (Fsp3) is 0.267. The number of benzene rings is 1. The molecule has 0 spiro atoms. The number of aromatic amines is 1. The standard InChI is InChI=1S/C15H14N2O4/c18-12-7-6-9-3-1-4-10(13(9)16-12)14(19)17-8-2-5-11(17)15(20)21/h1,3-4,6-7,11H,2,5,8H2,(H,16,18)(H,20,21). The molecule has 2 N–H and O–H groups in total. The monoisotopic (exact) mass is 286 g/mol. The number of para-hydroxylation sites is 1. The molecule has 0 bridgehead atoms. The minimum atomic E-state index is -0.991. The molecule has 1 atom stereocenters. The Kier molecular flexibility index (Phi) is 3.21. The molecule has 3 rings (SSSR count). The third-order valence-electron chi connectivity index (χ3n) is 3.79. The number of fused-ring (bicyclic) bond motifs is 1. The number of hydrogen-bond acceptors (Lipinski definition) is 3. The van der Waals surface area contributed by atoms with E-state index in [1.165, 1.54) is 11.0 Å². The van der Waals surface area contributed by atoms with E-state index < -0.39 is 12.0 Å². The largest absolute Gasteiger partial charge is 0.480 e. The number of hydrogen-bond donors (Lipinski definition) is 2. The van der Waals surface area contributed by atoms with Crippen LogP contribution in [0.3, 0.4) is 0 Å². The Morgan fingerprint density at radius 2 is 2.05 bits per heavy atom. The molecule has 0 saturated carbocycles. The number of H-pyrrole nitrogens is 1. The minimum Gasteiger partial charge on any atom is -0.480 e. The lowest BCUT2D eigenvalue weighted by Crippen LogP contribution is -2.40. The third kappa shape index (κ3) is 2.29. The van der Waals surface area contributed by atoms with E-state index in [1.807, 2.05) is 0 Å². The summed E-state index contributed by atoms with van der Waals surface area (Å²) in [6, 6.07) is 7.37. The van der Waals surface area contributed by atoms with E-state index in [9.17, 15) is 19.5 Å². The first-order valence-electron chi connectivity index (χ1n) is 6.74. The van der Waals surface area contributed by atoms with Gasteiger partial charge in [-0.15, -0.1) is 0 Å². The third-order valence-corrected chi connectivity index (χ3v) is 3.79. The van der Waals surface area contributed by atoms with E-state index in [4.69, 9.17) is 0 Å². The number of carbonyl (C=O) groups excluding carboxylic acids is 1. The molecule has 6 nitrogen and oxygen atoms in total. The van der Waals surface area contributed by atoms with Gasteiger partial charge in [-0.25, -0.2) is 4.79 Å². The Labute approximate surface area is 120 Å². The molecular formula is C15H14N2O4. The number of carbonyl (C=O) groups is 2. The van der Waals surface area contributed by atoms with Crippen molar-refractivity contribution in [2.45, 2.75) is 18.9 Å². The van der Waals surface area contributed by atoms with Gasteiger partial charge in [0.15, 0.2) is 0 Å². The number of pyridine rings is 1. The molecule has 6 heteroatoms. The number of aliphatic carboxylic acids is 1. The van der Waals surface area contributed by atoms with Crippen LogP contribution in [0.2, 0.25) is 0 Å². The highest BCUT2D eigenvalue weighted by molar-refractivity contribution is 6.06. The summed E-state index contributed by atoms with van der Waals surface area (Å²) in [6.07, 6.45) is 1.13. The summed E-state index contributed by atoms with van der Waals surface area (Å²) in [6.45, 7) is 0.420. The van der Waals surface area contributed by atoms with Crippen molar-refractivity contribution in [2.24, 2.45) is 0 Å². The van der Waals surface area contributed by atoms with Crippen molar-refractivity contribution < 1.29 is 14.7 Å². The fourth-order valence-electron chi connectivity index (χ4n) is 2.78. The summed E-state index contributed by atoms with van der Waals surface area (Å²) in [7, 11) is 0. The van der Waals surface area contributed by atoms with Crippen LogP contribution in [0.15, 0.2) is 35.1 Å². The second kappa shape index (κ2) is 5.05. The molecular weight excluding hydrogens is 272 g/mol. The Morgan fingerprint density at radius 1 is 1.24 bits per heavy atom. The van der Waals surface area contributed by atoms with Crippen LogP contribution in [-0.4, -0.2) is 39.5 Å². The van der Waals surface area contributed by atoms with Gasteiger partial charge in [-0.3, -0.25) is 9.59 Å². The predicted octanol–water partition coefficient (Wildman–Crippen LogP) is 1.22. The lowest BCUT2D eigenvalue weighted by Gasteiger charge is -2.22. The molecule has 1 saturated heterocycles. The molecule has 1 fully saturated rings. The minimum absolute atomic E-state index is 0.293. The van der Waals surface area contributed by atoms with Gasteiger partial charge < -0.3 is 15.0 Å². The van der Waals surface area contributed by atoms with Crippen LogP contribution in [0, 0.1) is 0 Å². The normalized spacial score (nSPS) is 18.1. The first kappa shape index (κ1) is 13.4. The van der Waals surface area contributed by atoms with Crippen LogP contribution in [0.5, 0.6) is 0 Å². The summed E-state index contributed by atoms with van der Waals surface area (Å²) >= 11 is 0. The average molecular weight is 286 g/mol. The van der Waals surface area contributed by atoms with Crippen LogP contribution >= 0.6 is 0 Å². The van der Waals surface area contributed by atoms with Crippen molar-refractivity contribution in [3.05, 3.63) is 46.2 Å². The molecule has 1 aliphatic heterocycles. The molecule has 1 aromatic carbocycles. The number of aromatic nitrogens is 1. The van der Waals surface area contributed by atoms with Gasteiger partial charge in [0.25, 0.3) is 5.91 Å². The van der Waals surface area contributed by atoms with E-state index >= 15 is 0 Å². The Balaban J connectivity index is 2.08. The maximum Gasteiger partial charge on any atom is 0.326 e. The number of rotatable bonds is 2. The van der Waals surface area contributed by atoms with E-state index in [1.54, 1.807) is 24.3 Å². The van der Waals surface area contributed by atoms with E-state index in [-0.39, 0.29) is 11.5 Å². The van der Waals surface area contributed by atoms with Crippen LogP contribution in [0.25, 0.3) is 10.9 Å². The summed E-state index contributed by atoms with van der Waals surface area (Å²) < 4.78 is 0. The van der Waals surface area contributed by atoms with Crippen molar-refractivity contribution in [3.63, 3.8) is 0 Å². The van der Waals surface area contributed by atoms with Crippen LogP contribution in [0.1, 0.15) is 23.2 Å². The smallest absolute Gasteiger partial charge is 0.326 e. The number of carboxylic acids is 1. The van der Waals surface area contributed by atoms with Crippen molar-refractivity contribution in [1.82, 2.24) is 9.88 Å². The summed E-state index contributed by atoms with van der Waals surface area (Å²) in [5.41, 5.74) is 0.489. The highest BCUT2D eigenvalue weighted by atomic mass is 16.4.